The average Bonchev–Trinajstić information content (AvgIpc) is 3.00. The van der Waals surface area contributed by atoms with Crippen LogP contribution < -0.4 is 5.32 Å². The molecule has 3 nitrogen and oxygen atoms in total. The summed E-state index contributed by atoms with van der Waals surface area (Å²) in [5.74, 6) is 0.432. The Morgan fingerprint density at radius 2 is 2.10 bits per heavy atom. The molecule has 112 valence electrons. The highest BCUT2D eigenvalue weighted by atomic mass is 32.2. The molecule has 1 amide bonds. The van der Waals surface area contributed by atoms with Crippen LogP contribution >= 0.6 is 23.1 Å². The van der Waals surface area contributed by atoms with E-state index >= 15 is 0 Å². The first kappa shape index (κ1) is 16.0. The Bertz CT molecular complexity index is 558. The van der Waals surface area contributed by atoms with Crippen molar-refractivity contribution in [3.8, 4) is 0 Å². The number of aliphatic hydroxyl groups is 1. The molecule has 0 aliphatic rings. The fourth-order valence-electron chi connectivity index (χ4n) is 1.86. The van der Waals surface area contributed by atoms with Crippen LogP contribution in [0.25, 0.3) is 0 Å². The third-order valence-electron chi connectivity index (χ3n) is 2.81. The van der Waals surface area contributed by atoms with E-state index in [1.165, 1.54) is 23.9 Å². The Hall–Kier alpha value is -1.37. The third kappa shape index (κ3) is 4.84. The summed E-state index contributed by atoms with van der Waals surface area (Å²) in [6, 6.07) is 9.74. The van der Waals surface area contributed by atoms with Gasteiger partial charge in [0.15, 0.2) is 0 Å². The lowest BCUT2D eigenvalue weighted by Crippen LogP contribution is -2.30. The number of rotatable bonds is 7. The average molecular weight is 325 g/mol. The van der Waals surface area contributed by atoms with Crippen LogP contribution in [0.5, 0.6) is 0 Å². The van der Waals surface area contributed by atoms with Crippen LogP contribution in [-0.2, 0) is 4.79 Å². The molecular formula is C15H16FNO2S2. The fraction of sp³-hybridized carbons (Fsp3) is 0.267. The first-order chi connectivity index (χ1) is 10.2. The number of hydrogen-bond donors (Lipinski definition) is 2. The zero-order valence-corrected chi connectivity index (χ0v) is 12.9. The van der Waals surface area contributed by atoms with Crippen molar-refractivity contribution >= 4 is 29.0 Å². The number of hydrogen-bond acceptors (Lipinski definition) is 4. The maximum absolute atomic E-state index is 13.0. The minimum Gasteiger partial charge on any atom is -0.396 e. The van der Waals surface area contributed by atoms with Crippen LogP contribution in [0.15, 0.2) is 41.8 Å². The molecule has 6 heteroatoms. The monoisotopic (exact) mass is 325 g/mol. The van der Waals surface area contributed by atoms with Crippen molar-refractivity contribution in [1.82, 2.24) is 5.32 Å². The highest BCUT2D eigenvalue weighted by molar-refractivity contribution is 7.99. The van der Waals surface area contributed by atoms with Crippen molar-refractivity contribution in [2.24, 2.45) is 0 Å². The maximum atomic E-state index is 13.0. The van der Waals surface area contributed by atoms with Gasteiger partial charge in [-0.1, -0.05) is 18.2 Å². The Kier molecular flexibility index (Phi) is 6.22. The summed E-state index contributed by atoms with van der Waals surface area (Å²) in [5, 5.41) is 13.6. The number of amides is 1. The van der Waals surface area contributed by atoms with Crippen LogP contribution in [0.4, 0.5) is 4.39 Å². The Morgan fingerprint density at radius 1 is 1.33 bits per heavy atom. The molecule has 2 rings (SSSR count). The first-order valence-corrected chi connectivity index (χ1v) is 8.51. The van der Waals surface area contributed by atoms with Gasteiger partial charge in [0.25, 0.3) is 0 Å². The van der Waals surface area contributed by atoms with Gasteiger partial charge in [-0.05, 0) is 29.1 Å². The summed E-state index contributed by atoms with van der Waals surface area (Å²) in [7, 11) is 0. The van der Waals surface area contributed by atoms with E-state index in [4.69, 9.17) is 5.11 Å². The van der Waals surface area contributed by atoms with Crippen LogP contribution in [0.3, 0.4) is 0 Å². The molecule has 1 aromatic heterocycles. The van der Waals surface area contributed by atoms with Gasteiger partial charge in [-0.3, -0.25) is 4.79 Å². The van der Waals surface area contributed by atoms with Crippen LogP contribution in [0.2, 0.25) is 0 Å². The molecule has 0 radical (unpaired) electrons. The molecule has 0 aliphatic carbocycles. The van der Waals surface area contributed by atoms with Crippen molar-refractivity contribution < 1.29 is 14.3 Å². The van der Waals surface area contributed by atoms with Gasteiger partial charge in [0.1, 0.15) is 5.82 Å². The zero-order chi connectivity index (χ0) is 15.1. The van der Waals surface area contributed by atoms with Crippen molar-refractivity contribution in [3.63, 3.8) is 0 Å². The summed E-state index contributed by atoms with van der Waals surface area (Å²) in [6.07, 6.45) is 0. The summed E-state index contributed by atoms with van der Waals surface area (Å²) in [5.41, 5.74) is 0.847. The normalized spacial score (nSPS) is 12.1. The van der Waals surface area contributed by atoms with E-state index in [0.717, 1.165) is 10.4 Å². The van der Waals surface area contributed by atoms with E-state index in [-0.39, 0.29) is 24.4 Å². The number of thioether (sulfide) groups is 1. The minimum absolute atomic E-state index is 0.0598. The SMILES string of the molecule is O=C(CSCCO)N[C@H](c1ccc(F)cc1)c1cccs1. The van der Waals surface area contributed by atoms with E-state index in [1.54, 1.807) is 23.5 Å². The van der Waals surface area contributed by atoms with Crippen molar-refractivity contribution in [2.45, 2.75) is 6.04 Å². The summed E-state index contributed by atoms with van der Waals surface area (Å²) in [6.45, 7) is 0.0598. The lowest BCUT2D eigenvalue weighted by molar-refractivity contribution is -0.119. The minimum atomic E-state index is -0.298. The number of thiophene rings is 1. The molecule has 21 heavy (non-hydrogen) atoms. The molecule has 0 bridgehead atoms. The summed E-state index contributed by atoms with van der Waals surface area (Å²) < 4.78 is 13.0. The van der Waals surface area contributed by atoms with E-state index in [0.29, 0.717) is 11.5 Å². The Morgan fingerprint density at radius 3 is 2.71 bits per heavy atom. The second-order valence-electron chi connectivity index (χ2n) is 4.34. The number of aliphatic hydroxyl groups excluding tert-OH is 1. The predicted molar refractivity (Wildman–Crippen MR) is 85.1 cm³/mol. The van der Waals surface area contributed by atoms with Crippen molar-refractivity contribution in [1.29, 1.82) is 0 Å². The highest BCUT2D eigenvalue weighted by Gasteiger charge is 2.17. The molecule has 2 aromatic rings. The quantitative estimate of drug-likeness (QED) is 0.770. The lowest BCUT2D eigenvalue weighted by atomic mass is 10.1. The number of benzene rings is 1. The summed E-state index contributed by atoms with van der Waals surface area (Å²) >= 11 is 2.92. The predicted octanol–water partition coefficient (Wildman–Crippen LogP) is 2.82. The molecule has 0 fully saturated rings. The number of halogens is 1. The van der Waals surface area contributed by atoms with Crippen LogP contribution in [0, 0.1) is 5.82 Å². The van der Waals surface area contributed by atoms with Gasteiger partial charge in [0.05, 0.1) is 18.4 Å². The third-order valence-corrected chi connectivity index (χ3v) is 4.68. The molecule has 0 spiro atoms. The molecule has 0 saturated carbocycles. The van der Waals surface area contributed by atoms with Crippen LogP contribution in [0.1, 0.15) is 16.5 Å². The number of carbonyl (C=O) groups is 1. The number of nitrogens with one attached hydrogen (secondary N) is 1. The lowest BCUT2D eigenvalue weighted by Gasteiger charge is -2.18. The Balaban J connectivity index is 2.10. The smallest absolute Gasteiger partial charge is 0.230 e. The first-order valence-electron chi connectivity index (χ1n) is 6.47. The maximum Gasteiger partial charge on any atom is 0.230 e. The molecule has 0 unspecified atom stereocenters. The molecule has 0 saturated heterocycles. The van der Waals surface area contributed by atoms with Crippen molar-refractivity contribution in [2.75, 3.05) is 18.1 Å². The van der Waals surface area contributed by atoms with Gasteiger partial charge in [-0.25, -0.2) is 4.39 Å². The second kappa shape index (κ2) is 8.17. The van der Waals surface area contributed by atoms with E-state index in [2.05, 4.69) is 5.32 Å². The van der Waals surface area contributed by atoms with Crippen molar-refractivity contribution in [3.05, 3.63) is 58.0 Å². The molecule has 1 aromatic carbocycles. The largest absolute Gasteiger partial charge is 0.396 e. The van der Waals surface area contributed by atoms with E-state index < -0.39 is 0 Å². The van der Waals surface area contributed by atoms with Gasteiger partial charge < -0.3 is 10.4 Å². The van der Waals surface area contributed by atoms with Gasteiger partial charge in [-0.2, -0.15) is 0 Å². The number of carbonyl (C=O) groups excluding carboxylic acids is 1. The van der Waals surface area contributed by atoms with Gasteiger partial charge in [0.2, 0.25) is 5.91 Å². The topological polar surface area (TPSA) is 49.3 Å². The molecule has 1 heterocycles. The fourth-order valence-corrected chi connectivity index (χ4v) is 3.21. The van der Waals surface area contributed by atoms with Gasteiger partial charge in [-0.15, -0.1) is 23.1 Å². The van der Waals surface area contributed by atoms with E-state index in [1.807, 2.05) is 17.5 Å². The standard InChI is InChI=1S/C15H16FNO2S2/c16-12-5-3-11(4-6-12)15(13-2-1-8-21-13)17-14(19)10-20-9-7-18/h1-6,8,15,18H,7,9-10H2,(H,17,19)/t15-/m1/s1. The highest BCUT2D eigenvalue weighted by Crippen LogP contribution is 2.26. The van der Waals surface area contributed by atoms with E-state index in [9.17, 15) is 9.18 Å². The van der Waals surface area contributed by atoms with Gasteiger partial charge >= 0.3 is 0 Å². The molecule has 2 N–H and O–H groups in total. The second-order valence-corrected chi connectivity index (χ2v) is 6.43. The van der Waals surface area contributed by atoms with Crippen LogP contribution in [-0.4, -0.2) is 29.1 Å². The molecule has 1 atom stereocenters. The Labute approximate surface area is 131 Å². The van der Waals surface area contributed by atoms with Gasteiger partial charge in [0, 0.05) is 10.6 Å². The summed E-state index contributed by atoms with van der Waals surface area (Å²) in [4.78, 5) is 13.0. The zero-order valence-electron chi connectivity index (χ0n) is 11.3. The molecule has 0 aliphatic heterocycles. The molecular weight excluding hydrogens is 309 g/mol.